The van der Waals surface area contributed by atoms with Crippen molar-refractivity contribution in [3.05, 3.63) is 34.3 Å². The van der Waals surface area contributed by atoms with Crippen LogP contribution in [0, 0.1) is 0 Å². The van der Waals surface area contributed by atoms with Gasteiger partial charge in [0.25, 0.3) is 0 Å². The number of hydrogen-bond acceptors (Lipinski definition) is 0. The summed E-state index contributed by atoms with van der Waals surface area (Å²) in [6.45, 7) is 7.37. The summed E-state index contributed by atoms with van der Waals surface area (Å²) in [5, 5.41) is 1.45. The van der Waals surface area contributed by atoms with Gasteiger partial charge in [-0.05, 0) is 23.0 Å². The lowest BCUT2D eigenvalue weighted by atomic mass is 10.2. The molecule has 1 atom stereocenters. The van der Waals surface area contributed by atoms with E-state index in [0.717, 1.165) is 0 Å². The Morgan fingerprint density at radius 2 is 1.62 bits per heavy atom. The summed E-state index contributed by atoms with van der Waals surface area (Å²) in [5.41, 5.74) is 1.47. The van der Waals surface area contributed by atoms with Gasteiger partial charge in [-0.2, -0.15) is 0 Å². The van der Waals surface area contributed by atoms with Gasteiger partial charge in [0.2, 0.25) is 0 Å². The van der Waals surface area contributed by atoms with E-state index in [1.54, 1.807) is 0 Å². The maximum absolute atomic E-state index is 3.47. The highest BCUT2D eigenvalue weighted by Gasteiger charge is 2.24. The summed E-state index contributed by atoms with van der Waals surface area (Å²) in [4.78, 5) is 0. The van der Waals surface area contributed by atoms with E-state index in [4.69, 9.17) is 0 Å². The van der Waals surface area contributed by atoms with E-state index in [1.807, 2.05) is 0 Å². The number of rotatable bonds is 4. The quantitative estimate of drug-likeness (QED) is 0.539. The summed E-state index contributed by atoms with van der Waals surface area (Å²) >= 11 is 3.47. The maximum Gasteiger partial charge on any atom is 0.132 e. The van der Waals surface area contributed by atoms with E-state index in [2.05, 4.69) is 66.1 Å². The number of benzene rings is 1. The highest BCUT2D eigenvalue weighted by atomic mass is 79.9. The van der Waals surface area contributed by atoms with Crippen LogP contribution in [0.2, 0.25) is 19.6 Å². The van der Waals surface area contributed by atoms with E-state index >= 15 is 0 Å². The van der Waals surface area contributed by atoms with Crippen LogP contribution in [0.3, 0.4) is 0 Å². The third-order valence-corrected chi connectivity index (χ3v) is 8.80. The summed E-state index contributed by atoms with van der Waals surface area (Å²) in [6.07, 6.45) is 2.40. The van der Waals surface area contributed by atoms with Gasteiger partial charge in [0.05, 0.1) is 11.6 Å². The second kappa shape index (κ2) is 7.24. The molecule has 4 heteroatoms. The average Bonchev–Trinajstić information content (AvgIpc) is 2.05. The van der Waals surface area contributed by atoms with Crippen LogP contribution in [0.15, 0.2) is 28.7 Å². The van der Waals surface area contributed by atoms with E-state index < -0.39 is 8.07 Å². The van der Waals surface area contributed by atoms with E-state index in [9.17, 15) is 0 Å². The Bertz CT molecular complexity index is 306. The highest BCUT2D eigenvalue weighted by molar-refractivity contribution is 9.10. The molecule has 0 spiro atoms. The fraction of sp³-hybridized carbons (Fsp3) is 0.500. The molecule has 0 nitrogen and oxygen atoms in total. The van der Waals surface area contributed by atoms with E-state index in [1.165, 1.54) is 21.2 Å². The molecule has 92 valence electrons. The first kappa shape index (κ1) is 16.7. The lowest BCUT2D eigenvalue weighted by molar-refractivity contribution is -0.00000347. The normalized spacial score (nSPS) is 13.1. The van der Waals surface area contributed by atoms with Gasteiger partial charge in [-0.15, -0.1) is 0 Å². The van der Waals surface area contributed by atoms with Crippen molar-refractivity contribution in [1.29, 1.82) is 0 Å². The monoisotopic (exact) mass is 382 g/mol. The Balaban J connectivity index is 0.00000225. The van der Waals surface area contributed by atoms with Crippen LogP contribution in [-0.2, 0) is 16.6 Å². The van der Waals surface area contributed by atoms with Crippen LogP contribution < -0.4 is 17.0 Å². The summed E-state index contributed by atoms with van der Waals surface area (Å²) in [7, 11) is -0.333. The minimum absolute atomic E-state index is 0. The van der Waals surface area contributed by atoms with E-state index in [-0.39, 0.29) is 17.0 Å². The molecular weight excluding hydrogens is 364 g/mol. The van der Waals surface area contributed by atoms with Crippen LogP contribution in [0.1, 0.15) is 5.56 Å². The van der Waals surface area contributed by atoms with Gasteiger partial charge in [-0.25, -0.2) is 0 Å². The van der Waals surface area contributed by atoms with Gasteiger partial charge < -0.3 is 17.0 Å². The smallest absolute Gasteiger partial charge is 0.132 e. The zero-order chi connectivity index (χ0) is 11.5. The second-order valence-corrected chi connectivity index (χ2v) is 14.3. The van der Waals surface area contributed by atoms with Crippen molar-refractivity contribution in [2.45, 2.75) is 25.4 Å². The average molecular weight is 384 g/mol. The predicted molar refractivity (Wildman–Crippen MR) is 79.3 cm³/mol. The molecule has 0 aliphatic carbocycles. The lowest BCUT2D eigenvalue weighted by Gasteiger charge is -2.14. The SMILES string of the molecule is C[S+](Cc1ccc(Br)cc1)C[Si](C)(C)C.[Br-]. The molecule has 0 heterocycles. The maximum atomic E-state index is 3.47. The third-order valence-electron chi connectivity index (χ3n) is 2.01. The van der Waals surface area contributed by atoms with Crippen LogP contribution in [-0.4, -0.2) is 19.7 Å². The Labute approximate surface area is 122 Å². The molecule has 1 aromatic rings. The van der Waals surface area contributed by atoms with Crippen LogP contribution >= 0.6 is 15.9 Å². The highest BCUT2D eigenvalue weighted by Crippen LogP contribution is 2.15. The first-order valence-corrected chi connectivity index (χ1v) is 11.7. The molecule has 0 N–H and O–H groups in total. The first-order valence-electron chi connectivity index (χ1n) is 5.20. The summed E-state index contributed by atoms with van der Waals surface area (Å²) in [6, 6.07) is 8.75. The molecule has 0 aromatic heterocycles. The van der Waals surface area contributed by atoms with Crippen molar-refractivity contribution in [2.75, 3.05) is 11.6 Å². The first-order chi connectivity index (χ1) is 6.87. The molecule has 16 heavy (non-hydrogen) atoms. The Morgan fingerprint density at radius 3 is 2.06 bits per heavy atom. The zero-order valence-corrected chi connectivity index (χ0v) is 15.4. The Kier molecular flexibility index (Phi) is 7.58. The van der Waals surface area contributed by atoms with Crippen molar-refractivity contribution in [1.82, 2.24) is 0 Å². The van der Waals surface area contributed by atoms with Crippen molar-refractivity contribution >= 4 is 34.9 Å². The fourth-order valence-corrected chi connectivity index (χ4v) is 9.00. The van der Waals surface area contributed by atoms with Crippen LogP contribution in [0.4, 0.5) is 0 Å². The molecule has 0 amide bonds. The molecule has 0 aliphatic rings. The van der Waals surface area contributed by atoms with Gasteiger partial charge in [-0.3, -0.25) is 0 Å². The zero-order valence-electron chi connectivity index (χ0n) is 10.4. The lowest BCUT2D eigenvalue weighted by Crippen LogP contribution is -3.00. The second-order valence-electron chi connectivity index (χ2n) is 5.26. The molecule has 1 rings (SSSR count). The largest absolute Gasteiger partial charge is 1.00 e. The molecule has 0 saturated carbocycles. The van der Waals surface area contributed by atoms with Crippen molar-refractivity contribution in [3.63, 3.8) is 0 Å². The van der Waals surface area contributed by atoms with Gasteiger partial charge in [0.15, 0.2) is 0 Å². The molecular formula is C12H20Br2SSi. The van der Waals surface area contributed by atoms with E-state index in [0.29, 0.717) is 10.9 Å². The molecule has 0 saturated heterocycles. The Hall–Kier alpha value is 0.747. The van der Waals surface area contributed by atoms with Crippen molar-refractivity contribution in [3.8, 4) is 0 Å². The summed E-state index contributed by atoms with van der Waals surface area (Å²) < 4.78 is 1.17. The van der Waals surface area contributed by atoms with Crippen molar-refractivity contribution < 1.29 is 17.0 Å². The standard InChI is InChI=1S/C12H20BrSSi.BrH/c1-14(10-15(2,3)4)9-11-5-7-12(13)8-6-11;/h5-8H,9-10H2,1-4H3;1H/q+1;/p-1. The van der Waals surface area contributed by atoms with Gasteiger partial charge in [0.1, 0.15) is 13.8 Å². The minimum atomic E-state index is -0.882. The molecule has 0 aliphatic heterocycles. The third kappa shape index (κ3) is 7.15. The molecule has 0 bridgehead atoms. The molecule has 0 fully saturated rings. The number of halogens is 2. The van der Waals surface area contributed by atoms with Crippen LogP contribution in [0.5, 0.6) is 0 Å². The van der Waals surface area contributed by atoms with Crippen molar-refractivity contribution in [2.24, 2.45) is 0 Å². The Morgan fingerprint density at radius 1 is 1.12 bits per heavy atom. The predicted octanol–water partition coefficient (Wildman–Crippen LogP) is 1.08. The van der Waals surface area contributed by atoms with Gasteiger partial charge in [0, 0.05) is 10.0 Å². The molecule has 1 unspecified atom stereocenters. The summed E-state index contributed by atoms with van der Waals surface area (Å²) in [5.74, 6) is 1.25. The fourth-order valence-electron chi connectivity index (χ4n) is 1.66. The molecule has 0 radical (unpaired) electrons. The van der Waals surface area contributed by atoms with Gasteiger partial charge >= 0.3 is 0 Å². The topological polar surface area (TPSA) is 0 Å². The number of hydrogen-bond donors (Lipinski definition) is 0. The van der Waals surface area contributed by atoms with Crippen LogP contribution in [0.25, 0.3) is 0 Å². The molecule has 1 aromatic carbocycles. The minimum Gasteiger partial charge on any atom is -1.00 e. The van der Waals surface area contributed by atoms with Gasteiger partial charge in [-0.1, -0.05) is 47.7 Å².